The minimum Gasteiger partial charge on any atom is -0.444 e. The number of oxime groups is 1. The zero-order valence-electron chi connectivity index (χ0n) is 15.5. The number of benzene rings is 1. The molecule has 1 aliphatic rings. The molecule has 4 N–H and O–H groups in total. The lowest BCUT2D eigenvalue weighted by Crippen LogP contribution is -2.57. The van der Waals surface area contributed by atoms with Gasteiger partial charge < -0.3 is 15.7 Å². The van der Waals surface area contributed by atoms with Crippen molar-refractivity contribution in [2.45, 2.75) is 57.9 Å². The summed E-state index contributed by atoms with van der Waals surface area (Å²) in [5.74, 6) is -0.000451. The van der Waals surface area contributed by atoms with Gasteiger partial charge in [-0.1, -0.05) is 35.5 Å². The van der Waals surface area contributed by atoms with Gasteiger partial charge in [-0.3, -0.25) is 9.74 Å². The van der Waals surface area contributed by atoms with Gasteiger partial charge in [0.2, 0.25) is 0 Å². The van der Waals surface area contributed by atoms with Crippen LogP contribution in [-0.2, 0) is 16.2 Å². The number of nitrogens with zero attached hydrogens (tertiary/aromatic N) is 2. The third kappa shape index (κ3) is 5.89. The summed E-state index contributed by atoms with van der Waals surface area (Å²) in [6.45, 7) is 6.15. The Morgan fingerprint density at radius 1 is 1.35 bits per heavy atom. The molecule has 0 aromatic heterocycles. The van der Waals surface area contributed by atoms with Crippen LogP contribution in [0, 0.1) is 0 Å². The Hall–Kier alpha value is -2.32. The first-order valence-electron chi connectivity index (χ1n) is 8.68. The van der Waals surface area contributed by atoms with E-state index in [-0.39, 0.29) is 11.9 Å². The standard InChI is InChI=1S/C18H28N4O4/c1-18(2,3)26-17(23)22-11-14(9-10-15(22)16(19)20-24)21-25-12-13-7-5-4-6-8-13/h4-8,14-15,21,24H,9-12H2,1-3H3,(H2,19,20)/t14-,15+/m0/s1. The van der Waals surface area contributed by atoms with Crippen LogP contribution in [0.1, 0.15) is 39.2 Å². The van der Waals surface area contributed by atoms with E-state index in [1.807, 2.05) is 30.3 Å². The Kier molecular flexibility index (Phi) is 6.82. The first-order valence-corrected chi connectivity index (χ1v) is 8.68. The molecule has 26 heavy (non-hydrogen) atoms. The smallest absolute Gasteiger partial charge is 0.410 e. The van der Waals surface area contributed by atoms with E-state index in [0.717, 1.165) is 12.0 Å². The molecular weight excluding hydrogens is 336 g/mol. The molecule has 1 aliphatic heterocycles. The van der Waals surface area contributed by atoms with Crippen molar-refractivity contribution in [1.82, 2.24) is 10.4 Å². The number of rotatable bonds is 5. The van der Waals surface area contributed by atoms with E-state index < -0.39 is 17.7 Å². The first kappa shape index (κ1) is 20.0. The fourth-order valence-corrected chi connectivity index (χ4v) is 2.78. The van der Waals surface area contributed by atoms with E-state index in [1.165, 1.54) is 4.90 Å². The van der Waals surface area contributed by atoms with Crippen LogP contribution in [0.2, 0.25) is 0 Å². The monoisotopic (exact) mass is 364 g/mol. The van der Waals surface area contributed by atoms with Crippen molar-refractivity contribution < 1.29 is 19.6 Å². The van der Waals surface area contributed by atoms with Gasteiger partial charge in [0.1, 0.15) is 5.60 Å². The average molecular weight is 364 g/mol. The molecule has 1 saturated heterocycles. The van der Waals surface area contributed by atoms with Gasteiger partial charge in [0.05, 0.1) is 18.7 Å². The second-order valence-corrected chi connectivity index (χ2v) is 7.34. The number of hydroxylamine groups is 1. The molecule has 1 aromatic rings. The molecule has 1 heterocycles. The Balaban J connectivity index is 1.96. The molecule has 0 spiro atoms. The maximum absolute atomic E-state index is 12.5. The number of piperidine rings is 1. The van der Waals surface area contributed by atoms with Crippen LogP contribution in [0.5, 0.6) is 0 Å². The molecule has 0 unspecified atom stereocenters. The summed E-state index contributed by atoms with van der Waals surface area (Å²) in [6, 6.07) is 9.23. The third-order valence-electron chi connectivity index (χ3n) is 4.00. The van der Waals surface area contributed by atoms with Crippen molar-refractivity contribution in [1.29, 1.82) is 0 Å². The van der Waals surface area contributed by atoms with Crippen molar-refractivity contribution in [2.75, 3.05) is 6.54 Å². The fraction of sp³-hybridized carbons (Fsp3) is 0.556. The highest BCUT2D eigenvalue weighted by molar-refractivity contribution is 5.88. The maximum atomic E-state index is 12.5. The van der Waals surface area contributed by atoms with Crippen LogP contribution >= 0.6 is 0 Å². The average Bonchev–Trinajstić information content (AvgIpc) is 2.60. The topological polar surface area (TPSA) is 109 Å². The molecule has 0 bridgehead atoms. The number of hydrogen-bond acceptors (Lipinski definition) is 6. The van der Waals surface area contributed by atoms with Crippen LogP contribution in [0.3, 0.4) is 0 Å². The van der Waals surface area contributed by atoms with Gasteiger partial charge in [-0.25, -0.2) is 4.79 Å². The highest BCUT2D eigenvalue weighted by Crippen LogP contribution is 2.21. The summed E-state index contributed by atoms with van der Waals surface area (Å²) < 4.78 is 5.45. The zero-order chi connectivity index (χ0) is 19.2. The van der Waals surface area contributed by atoms with Crippen LogP contribution in [0.25, 0.3) is 0 Å². The van der Waals surface area contributed by atoms with Gasteiger partial charge in [0.25, 0.3) is 0 Å². The molecule has 2 atom stereocenters. The van der Waals surface area contributed by atoms with E-state index in [4.69, 9.17) is 20.5 Å². The Morgan fingerprint density at radius 2 is 2.04 bits per heavy atom. The molecule has 2 rings (SSSR count). The van der Waals surface area contributed by atoms with Gasteiger partial charge in [-0.15, -0.1) is 0 Å². The number of amidine groups is 1. The van der Waals surface area contributed by atoms with Crippen molar-refractivity contribution in [3.8, 4) is 0 Å². The first-order chi connectivity index (χ1) is 12.3. The molecule has 0 radical (unpaired) electrons. The van der Waals surface area contributed by atoms with Gasteiger partial charge in [-0.2, -0.15) is 5.48 Å². The second kappa shape index (κ2) is 8.86. The van der Waals surface area contributed by atoms with Gasteiger partial charge in [0, 0.05) is 6.54 Å². The number of nitrogens with two attached hydrogens (primary N) is 1. The number of nitrogens with one attached hydrogen (secondary N) is 1. The van der Waals surface area contributed by atoms with Crippen molar-refractivity contribution in [2.24, 2.45) is 10.9 Å². The van der Waals surface area contributed by atoms with Crippen molar-refractivity contribution in [3.05, 3.63) is 35.9 Å². The summed E-state index contributed by atoms with van der Waals surface area (Å²) in [5.41, 5.74) is 9.19. The normalized spacial score (nSPS) is 21.5. The largest absolute Gasteiger partial charge is 0.444 e. The number of carbonyl (C=O) groups excluding carboxylic acids is 1. The number of amides is 1. The molecule has 1 fully saturated rings. The lowest BCUT2D eigenvalue weighted by molar-refractivity contribution is -0.0274. The van der Waals surface area contributed by atoms with Crippen LogP contribution in [-0.4, -0.2) is 46.3 Å². The van der Waals surface area contributed by atoms with E-state index >= 15 is 0 Å². The second-order valence-electron chi connectivity index (χ2n) is 7.34. The predicted molar refractivity (Wildman–Crippen MR) is 97.5 cm³/mol. The highest BCUT2D eigenvalue weighted by Gasteiger charge is 2.36. The van der Waals surface area contributed by atoms with E-state index in [2.05, 4.69) is 10.6 Å². The SMILES string of the molecule is CC(C)(C)OC(=O)N1C[C@@H](NOCc2ccccc2)CC[C@@H]1C(N)=NO. The van der Waals surface area contributed by atoms with E-state index in [9.17, 15) is 4.79 Å². The summed E-state index contributed by atoms with van der Waals surface area (Å²) in [6.07, 6.45) is 0.764. The summed E-state index contributed by atoms with van der Waals surface area (Å²) in [7, 11) is 0. The highest BCUT2D eigenvalue weighted by atomic mass is 16.6. The van der Waals surface area contributed by atoms with Gasteiger partial charge in [0.15, 0.2) is 5.84 Å². The zero-order valence-corrected chi connectivity index (χ0v) is 15.5. The lowest BCUT2D eigenvalue weighted by atomic mass is 9.98. The molecule has 0 aliphatic carbocycles. The number of carbonyl (C=O) groups is 1. The molecule has 1 aromatic carbocycles. The number of ether oxygens (including phenoxy) is 1. The summed E-state index contributed by atoms with van der Waals surface area (Å²) >= 11 is 0. The quantitative estimate of drug-likeness (QED) is 0.320. The third-order valence-corrected chi connectivity index (χ3v) is 4.00. The predicted octanol–water partition coefficient (Wildman–Crippen LogP) is 2.22. The molecule has 144 valence electrons. The fourth-order valence-electron chi connectivity index (χ4n) is 2.78. The van der Waals surface area contributed by atoms with Crippen LogP contribution < -0.4 is 11.2 Å². The van der Waals surface area contributed by atoms with E-state index in [1.54, 1.807) is 20.8 Å². The summed E-state index contributed by atoms with van der Waals surface area (Å²) in [4.78, 5) is 19.6. The molecule has 0 saturated carbocycles. The molecule has 1 amide bonds. The van der Waals surface area contributed by atoms with Crippen LogP contribution in [0.15, 0.2) is 35.5 Å². The minimum atomic E-state index is -0.628. The van der Waals surface area contributed by atoms with Crippen LogP contribution in [0.4, 0.5) is 4.79 Å². The van der Waals surface area contributed by atoms with Crippen molar-refractivity contribution >= 4 is 11.9 Å². The van der Waals surface area contributed by atoms with E-state index in [0.29, 0.717) is 19.6 Å². The summed E-state index contributed by atoms with van der Waals surface area (Å²) in [5, 5.41) is 12.1. The van der Waals surface area contributed by atoms with Gasteiger partial charge >= 0.3 is 6.09 Å². The molecule has 8 heteroatoms. The lowest BCUT2D eigenvalue weighted by Gasteiger charge is -2.39. The maximum Gasteiger partial charge on any atom is 0.410 e. The molecular formula is C18H28N4O4. The number of likely N-dealkylation sites (tertiary alicyclic amines) is 1. The Labute approximate surface area is 153 Å². The van der Waals surface area contributed by atoms with Crippen molar-refractivity contribution in [3.63, 3.8) is 0 Å². The molecule has 8 nitrogen and oxygen atoms in total. The Morgan fingerprint density at radius 3 is 2.65 bits per heavy atom. The number of hydrogen-bond donors (Lipinski definition) is 3. The Bertz CT molecular complexity index is 615. The van der Waals surface area contributed by atoms with Gasteiger partial charge in [-0.05, 0) is 39.2 Å². The minimum absolute atomic E-state index is 0.000451.